The molecule has 80 valence electrons. The summed E-state index contributed by atoms with van der Waals surface area (Å²) in [5.74, 6) is 0. The second kappa shape index (κ2) is 7.81. The fraction of sp³-hybridized carbons (Fsp3) is 0.200. The lowest BCUT2D eigenvalue weighted by Gasteiger charge is -1.91. The largest absolute Gasteiger partial charge is 0.0998 e. The molecule has 0 saturated carbocycles. The molecule has 0 radical (unpaired) electrons. The summed E-state index contributed by atoms with van der Waals surface area (Å²) in [6.07, 6.45) is 12.8. The molecule has 0 aliphatic carbocycles. The van der Waals surface area contributed by atoms with Crippen LogP contribution in [-0.2, 0) is 0 Å². The number of hydrogen-bond donors (Lipinski definition) is 0. The van der Waals surface area contributed by atoms with E-state index in [0.29, 0.717) is 0 Å². The summed E-state index contributed by atoms with van der Waals surface area (Å²) >= 11 is 0. The first-order chi connectivity index (χ1) is 7.06. The Bertz CT molecular complexity index is 322. The Balaban J connectivity index is 4.15. The number of allylic oxidation sites excluding steroid dienone is 9. The fourth-order valence-corrected chi connectivity index (χ4v) is 0.893. The van der Waals surface area contributed by atoms with Crippen molar-refractivity contribution >= 4 is 0 Å². The Kier molecular flexibility index (Phi) is 7.00. The van der Waals surface area contributed by atoms with E-state index in [9.17, 15) is 0 Å². The minimum absolute atomic E-state index is 0.921. The molecule has 0 aromatic carbocycles. The maximum atomic E-state index is 3.84. The summed E-state index contributed by atoms with van der Waals surface area (Å²) in [6, 6.07) is 0. The van der Waals surface area contributed by atoms with Gasteiger partial charge in [0.1, 0.15) is 0 Å². The Hall–Kier alpha value is -1.56. The van der Waals surface area contributed by atoms with E-state index >= 15 is 0 Å². The van der Waals surface area contributed by atoms with Gasteiger partial charge in [0.25, 0.3) is 0 Å². The first-order valence-electron chi connectivity index (χ1n) is 5.03. The van der Waals surface area contributed by atoms with Gasteiger partial charge in [0.05, 0.1) is 0 Å². The third-order valence-corrected chi connectivity index (χ3v) is 1.78. The van der Waals surface area contributed by atoms with Crippen molar-refractivity contribution in [2.75, 3.05) is 0 Å². The summed E-state index contributed by atoms with van der Waals surface area (Å²) in [6.45, 7) is 15.4. The Labute approximate surface area is 93.7 Å². The first-order valence-corrected chi connectivity index (χ1v) is 5.03. The highest BCUT2D eigenvalue weighted by Crippen LogP contribution is 2.02. The standard InChI is InChI=1S/C15H20/c1-6-14(4)10-8-12-15(5)11-7-9-13(2)3/h6-8,10-12H,1-2,4,9H2,3,5H3/b10-8+,11-7+,15-12+. The van der Waals surface area contributed by atoms with E-state index in [1.807, 2.05) is 25.2 Å². The maximum absolute atomic E-state index is 3.84. The van der Waals surface area contributed by atoms with E-state index in [1.54, 1.807) is 6.08 Å². The minimum atomic E-state index is 0.921. The highest BCUT2D eigenvalue weighted by Gasteiger charge is 1.81. The smallest absolute Gasteiger partial charge is 0.0141 e. The van der Waals surface area contributed by atoms with Gasteiger partial charge in [-0.2, -0.15) is 0 Å². The fourth-order valence-electron chi connectivity index (χ4n) is 0.893. The van der Waals surface area contributed by atoms with E-state index in [2.05, 4.69) is 38.8 Å². The molecule has 0 bridgehead atoms. The summed E-state index contributed by atoms with van der Waals surface area (Å²) in [7, 11) is 0. The predicted molar refractivity (Wildman–Crippen MR) is 70.8 cm³/mol. The van der Waals surface area contributed by atoms with Gasteiger partial charge in [-0.1, -0.05) is 67.3 Å². The van der Waals surface area contributed by atoms with E-state index in [0.717, 1.165) is 12.0 Å². The first kappa shape index (κ1) is 13.4. The second-order valence-corrected chi connectivity index (χ2v) is 3.61. The normalized spacial score (nSPS) is 12.3. The topological polar surface area (TPSA) is 0 Å². The predicted octanol–water partition coefficient (Wildman–Crippen LogP) is 4.75. The Morgan fingerprint density at radius 2 is 1.80 bits per heavy atom. The minimum Gasteiger partial charge on any atom is -0.0998 e. The van der Waals surface area contributed by atoms with Crippen molar-refractivity contribution in [3.63, 3.8) is 0 Å². The van der Waals surface area contributed by atoms with Crippen LogP contribution in [-0.4, -0.2) is 0 Å². The van der Waals surface area contributed by atoms with Crippen LogP contribution in [0.25, 0.3) is 0 Å². The second-order valence-electron chi connectivity index (χ2n) is 3.61. The van der Waals surface area contributed by atoms with Crippen LogP contribution < -0.4 is 0 Å². The van der Waals surface area contributed by atoms with Crippen molar-refractivity contribution in [1.29, 1.82) is 0 Å². The van der Waals surface area contributed by atoms with Crippen molar-refractivity contribution in [1.82, 2.24) is 0 Å². The third-order valence-electron chi connectivity index (χ3n) is 1.78. The van der Waals surface area contributed by atoms with Crippen LogP contribution in [0.1, 0.15) is 20.3 Å². The molecule has 0 fully saturated rings. The van der Waals surface area contributed by atoms with Gasteiger partial charge in [-0.05, 0) is 25.8 Å². The average molecular weight is 200 g/mol. The van der Waals surface area contributed by atoms with Crippen LogP contribution in [0.4, 0.5) is 0 Å². The van der Waals surface area contributed by atoms with Gasteiger partial charge >= 0.3 is 0 Å². The average Bonchev–Trinajstić information content (AvgIpc) is 2.17. The van der Waals surface area contributed by atoms with Crippen LogP contribution >= 0.6 is 0 Å². The lowest BCUT2D eigenvalue weighted by atomic mass is 10.2. The Morgan fingerprint density at radius 3 is 2.33 bits per heavy atom. The molecular formula is C15H20. The van der Waals surface area contributed by atoms with Crippen molar-refractivity contribution in [2.24, 2.45) is 0 Å². The van der Waals surface area contributed by atoms with Gasteiger partial charge < -0.3 is 0 Å². The molecule has 0 atom stereocenters. The SMILES string of the molecule is C=CC(=C)/C=C/C=C(C)/C=C/CC(=C)C. The van der Waals surface area contributed by atoms with Crippen LogP contribution in [0.15, 0.2) is 72.9 Å². The molecule has 0 aliphatic heterocycles. The molecule has 0 nitrogen and oxygen atoms in total. The zero-order valence-electron chi connectivity index (χ0n) is 9.79. The van der Waals surface area contributed by atoms with Crippen molar-refractivity contribution in [2.45, 2.75) is 20.3 Å². The lowest BCUT2D eigenvalue weighted by molar-refractivity contribution is 1.22. The molecule has 0 rings (SSSR count). The molecule has 0 spiro atoms. The van der Waals surface area contributed by atoms with Gasteiger partial charge in [-0.25, -0.2) is 0 Å². The summed E-state index contributed by atoms with van der Waals surface area (Å²) in [5.41, 5.74) is 3.31. The van der Waals surface area contributed by atoms with E-state index in [4.69, 9.17) is 0 Å². The Morgan fingerprint density at radius 1 is 1.13 bits per heavy atom. The molecule has 0 unspecified atom stereocenters. The van der Waals surface area contributed by atoms with Crippen molar-refractivity contribution < 1.29 is 0 Å². The highest BCUT2D eigenvalue weighted by molar-refractivity contribution is 5.30. The molecule has 0 aromatic rings. The molecule has 0 N–H and O–H groups in total. The zero-order chi connectivity index (χ0) is 11.7. The van der Waals surface area contributed by atoms with Gasteiger partial charge in [0.15, 0.2) is 0 Å². The van der Waals surface area contributed by atoms with E-state index in [-0.39, 0.29) is 0 Å². The molecule has 0 heterocycles. The van der Waals surface area contributed by atoms with Crippen molar-refractivity contribution in [3.05, 3.63) is 72.9 Å². The van der Waals surface area contributed by atoms with Crippen molar-refractivity contribution in [3.8, 4) is 0 Å². The van der Waals surface area contributed by atoms with Gasteiger partial charge in [0.2, 0.25) is 0 Å². The van der Waals surface area contributed by atoms with Crippen LogP contribution in [0.5, 0.6) is 0 Å². The molecule has 0 aromatic heterocycles. The summed E-state index contributed by atoms with van der Waals surface area (Å²) < 4.78 is 0. The number of hydrogen-bond acceptors (Lipinski definition) is 0. The highest BCUT2D eigenvalue weighted by atomic mass is 13.9. The molecule has 0 amide bonds. The van der Waals surface area contributed by atoms with Gasteiger partial charge in [-0.15, -0.1) is 0 Å². The molecular weight excluding hydrogens is 180 g/mol. The third kappa shape index (κ3) is 8.76. The van der Waals surface area contributed by atoms with Gasteiger partial charge in [0, 0.05) is 0 Å². The zero-order valence-corrected chi connectivity index (χ0v) is 9.79. The quantitative estimate of drug-likeness (QED) is 0.428. The molecule has 0 aliphatic rings. The maximum Gasteiger partial charge on any atom is -0.0141 e. The monoisotopic (exact) mass is 200 g/mol. The van der Waals surface area contributed by atoms with E-state index < -0.39 is 0 Å². The van der Waals surface area contributed by atoms with Crippen LogP contribution in [0.2, 0.25) is 0 Å². The van der Waals surface area contributed by atoms with Gasteiger partial charge in [-0.3, -0.25) is 0 Å². The molecule has 0 saturated heterocycles. The molecule has 0 heteroatoms. The van der Waals surface area contributed by atoms with E-state index in [1.165, 1.54) is 11.1 Å². The molecule has 15 heavy (non-hydrogen) atoms. The van der Waals surface area contributed by atoms with Crippen LogP contribution in [0.3, 0.4) is 0 Å². The lowest BCUT2D eigenvalue weighted by Crippen LogP contribution is -1.70. The summed E-state index contributed by atoms with van der Waals surface area (Å²) in [4.78, 5) is 0. The summed E-state index contributed by atoms with van der Waals surface area (Å²) in [5, 5.41) is 0. The number of rotatable bonds is 6. The van der Waals surface area contributed by atoms with Crippen LogP contribution in [0, 0.1) is 0 Å².